The lowest BCUT2D eigenvalue weighted by molar-refractivity contribution is 0.215. The van der Waals surface area contributed by atoms with Gasteiger partial charge in [0, 0.05) is 18.1 Å². The summed E-state index contributed by atoms with van der Waals surface area (Å²) >= 11 is 0. The average Bonchev–Trinajstić information content (AvgIpc) is 2.58. The van der Waals surface area contributed by atoms with Crippen molar-refractivity contribution in [2.75, 3.05) is 0 Å². The molecule has 0 aliphatic heterocycles. The van der Waals surface area contributed by atoms with E-state index >= 15 is 0 Å². The van der Waals surface area contributed by atoms with Gasteiger partial charge in [-0.25, -0.2) is 0 Å². The van der Waals surface area contributed by atoms with Gasteiger partial charge in [-0.3, -0.25) is 0 Å². The number of hydrogen-bond acceptors (Lipinski definition) is 2. The molecule has 2 aliphatic rings. The monoisotopic (exact) mass is 210 g/mol. The number of hydrogen-bond donors (Lipinski definition) is 2. The van der Waals surface area contributed by atoms with Gasteiger partial charge in [-0.2, -0.15) is 0 Å². The van der Waals surface area contributed by atoms with Gasteiger partial charge in [-0.15, -0.1) is 0 Å². The third kappa shape index (κ3) is 2.94. The molecular formula is C13H26N2. The molecule has 88 valence electrons. The zero-order chi connectivity index (χ0) is 10.8. The van der Waals surface area contributed by atoms with E-state index in [4.69, 9.17) is 5.73 Å². The maximum absolute atomic E-state index is 5.94. The van der Waals surface area contributed by atoms with Gasteiger partial charge >= 0.3 is 0 Å². The maximum atomic E-state index is 5.94. The van der Waals surface area contributed by atoms with E-state index in [9.17, 15) is 0 Å². The van der Waals surface area contributed by atoms with Crippen LogP contribution in [-0.4, -0.2) is 18.1 Å². The molecule has 5 unspecified atom stereocenters. The molecule has 2 aliphatic carbocycles. The highest BCUT2D eigenvalue weighted by molar-refractivity contribution is 4.87. The Balaban J connectivity index is 1.75. The molecule has 2 heteroatoms. The zero-order valence-electron chi connectivity index (χ0n) is 10.2. The highest BCUT2D eigenvalue weighted by Crippen LogP contribution is 2.30. The molecule has 2 saturated carbocycles. The fourth-order valence-electron chi connectivity index (χ4n) is 3.20. The van der Waals surface area contributed by atoms with E-state index in [1.54, 1.807) is 0 Å². The lowest BCUT2D eigenvalue weighted by atomic mass is 9.79. The Morgan fingerprint density at radius 3 is 2.13 bits per heavy atom. The van der Waals surface area contributed by atoms with Crippen molar-refractivity contribution in [3.05, 3.63) is 0 Å². The summed E-state index contributed by atoms with van der Waals surface area (Å²) in [5.74, 6) is 1.82. The number of nitrogens with two attached hydrogens (primary N) is 1. The second-order valence-electron chi connectivity index (χ2n) is 5.90. The summed E-state index contributed by atoms with van der Waals surface area (Å²) in [4.78, 5) is 0. The van der Waals surface area contributed by atoms with Gasteiger partial charge < -0.3 is 11.1 Å². The fraction of sp³-hybridized carbons (Fsp3) is 1.00. The smallest absolute Gasteiger partial charge is 0.00849 e. The molecule has 0 aromatic carbocycles. The Morgan fingerprint density at radius 2 is 1.53 bits per heavy atom. The molecule has 2 fully saturated rings. The molecule has 0 bridgehead atoms. The molecule has 0 aromatic rings. The molecule has 0 aromatic heterocycles. The van der Waals surface area contributed by atoms with Crippen LogP contribution in [-0.2, 0) is 0 Å². The number of nitrogens with one attached hydrogen (secondary N) is 1. The third-order valence-corrected chi connectivity index (χ3v) is 4.54. The molecular weight excluding hydrogens is 184 g/mol. The van der Waals surface area contributed by atoms with Crippen molar-refractivity contribution in [1.29, 1.82) is 0 Å². The van der Waals surface area contributed by atoms with Crippen LogP contribution in [0.5, 0.6) is 0 Å². The SMILES string of the molecule is CC1CCC(NC2CCC(N)C2)CC1C. The molecule has 2 nitrogen and oxygen atoms in total. The highest BCUT2D eigenvalue weighted by atomic mass is 15.0. The standard InChI is InChI=1S/C13H26N2/c1-9-3-5-12(7-10(9)2)15-13-6-4-11(14)8-13/h9-13,15H,3-8,14H2,1-2H3. The van der Waals surface area contributed by atoms with Crippen molar-refractivity contribution in [3.8, 4) is 0 Å². The van der Waals surface area contributed by atoms with Crippen LogP contribution >= 0.6 is 0 Å². The van der Waals surface area contributed by atoms with Crippen molar-refractivity contribution in [1.82, 2.24) is 5.32 Å². The second-order valence-corrected chi connectivity index (χ2v) is 5.90. The first kappa shape index (κ1) is 11.4. The normalized spacial score (nSPS) is 47.0. The second kappa shape index (κ2) is 4.84. The van der Waals surface area contributed by atoms with Crippen LogP contribution < -0.4 is 11.1 Å². The van der Waals surface area contributed by atoms with Gasteiger partial charge in [0.05, 0.1) is 0 Å². The molecule has 3 N–H and O–H groups in total. The first-order chi connectivity index (χ1) is 7.15. The summed E-state index contributed by atoms with van der Waals surface area (Å²) in [6.07, 6.45) is 7.85. The third-order valence-electron chi connectivity index (χ3n) is 4.54. The summed E-state index contributed by atoms with van der Waals surface area (Å²) in [5, 5.41) is 3.82. The molecule has 0 spiro atoms. The van der Waals surface area contributed by atoms with Crippen molar-refractivity contribution >= 4 is 0 Å². The van der Waals surface area contributed by atoms with E-state index < -0.39 is 0 Å². The maximum Gasteiger partial charge on any atom is 0.00849 e. The molecule has 0 saturated heterocycles. The van der Waals surface area contributed by atoms with Gasteiger partial charge in [-0.05, 0) is 50.4 Å². The first-order valence-electron chi connectivity index (χ1n) is 6.66. The predicted octanol–water partition coefficient (Wildman–Crippen LogP) is 2.28. The van der Waals surface area contributed by atoms with E-state index in [1.165, 1.54) is 38.5 Å². The molecule has 15 heavy (non-hydrogen) atoms. The van der Waals surface area contributed by atoms with Crippen molar-refractivity contribution in [3.63, 3.8) is 0 Å². The van der Waals surface area contributed by atoms with Gasteiger partial charge in [0.15, 0.2) is 0 Å². The van der Waals surface area contributed by atoms with Crippen LogP contribution in [0.15, 0.2) is 0 Å². The quantitative estimate of drug-likeness (QED) is 0.734. The van der Waals surface area contributed by atoms with Gasteiger partial charge in [0.1, 0.15) is 0 Å². The van der Waals surface area contributed by atoms with E-state index in [0.717, 1.165) is 17.9 Å². The average molecular weight is 210 g/mol. The summed E-state index contributed by atoms with van der Waals surface area (Å²) in [6, 6.07) is 1.94. The number of rotatable bonds is 2. The van der Waals surface area contributed by atoms with Crippen LogP contribution in [0.1, 0.15) is 52.4 Å². The van der Waals surface area contributed by atoms with Crippen molar-refractivity contribution < 1.29 is 0 Å². The van der Waals surface area contributed by atoms with E-state index in [-0.39, 0.29) is 0 Å². The molecule has 0 heterocycles. The van der Waals surface area contributed by atoms with Crippen LogP contribution in [0.25, 0.3) is 0 Å². The summed E-state index contributed by atoms with van der Waals surface area (Å²) in [6.45, 7) is 4.80. The summed E-state index contributed by atoms with van der Waals surface area (Å²) < 4.78 is 0. The minimum Gasteiger partial charge on any atom is -0.328 e. The topological polar surface area (TPSA) is 38.0 Å². The van der Waals surface area contributed by atoms with Crippen molar-refractivity contribution in [2.24, 2.45) is 17.6 Å². The Kier molecular flexibility index (Phi) is 3.68. The fourth-order valence-corrected chi connectivity index (χ4v) is 3.20. The lowest BCUT2D eigenvalue weighted by Crippen LogP contribution is -2.41. The Morgan fingerprint density at radius 1 is 0.867 bits per heavy atom. The van der Waals surface area contributed by atoms with E-state index in [2.05, 4.69) is 19.2 Å². The van der Waals surface area contributed by atoms with Crippen LogP contribution in [0.3, 0.4) is 0 Å². The van der Waals surface area contributed by atoms with Gasteiger partial charge in [0.2, 0.25) is 0 Å². The Hall–Kier alpha value is -0.0800. The lowest BCUT2D eigenvalue weighted by Gasteiger charge is -2.34. The van der Waals surface area contributed by atoms with Crippen LogP contribution in [0.2, 0.25) is 0 Å². The predicted molar refractivity (Wildman–Crippen MR) is 64.7 cm³/mol. The zero-order valence-corrected chi connectivity index (χ0v) is 10.2. The van der Waals surface area contributed by atoms with Crippen LogP contribution in [0.4, 0.5) is 0 Å². The van der Waals surface area contributed by atoms with Crippen molar-refractivity contribution in [2.45, 2.75) is 70.5 Å². The minimum absolute atomic E-state index is 0.461. The van der Waals surface area contributed by atoms with Gasteiger partial charge in [0.25, 0.3) is 0 Å². The van der Waals surface area contributed by atoms with Crippen LogP contribution in [0, 0.1) is 11.8 Å². The minimum atomic E-state index is 0.461. The molecule has 0 radical (unpaired) electrons. The molecule has 2 rings (SSSR count). The Labute approximate surface area is 94.0 Å². The van der Waals surface area contributed by atoms with Gasteiger partial charge in [-0.1, -0.05) is 13.8 Å². The van der Waals surface area contributed by atoms with E-state index in [0.29, 0.717) is 12.1 Å². The Bertz CT molecular complexity index is 205. The molecule has 5 atom stereocenters. The highest BCUT2D eigenvalue weighted by Gasteiger charge is 2.28. The summed E-state index contributed by atoms with van der Waals surface area (Å²) in [5.41, 5.74) is 5.94. The largest absolute Gasteiger partial charge is 0.328 e. The summed E-state index contributed by atoms with van der Waals surface area (Å²) in [7, 11) is 0. The van der Waals surface area contributed by atoms with E-state index in [1.807, 2.05) is 0 Å². The molecule has 0 amide bonds. The first-order valence-corrected chi connectivity index (χ1v) is 6.66.